The third-order valence-electron chi connectivity index (χ3n) is 1.95. The van der Waals surface area contributed by atoms with E-state index in [2.05, 4.69) is 0 Å². The highest BCUT2D eigenvalue weighted by Crippen LogP contribution is 2.14. The summed E-state index contributed by atoms with van der Waals surface area (Å²) in [5.74, 6) is -1.70. The zero-order valence-corrected chi connectivity index (χ0v) is 9.74. The Kier molecular flexibility index (Phi) is 3.50. The number of aromatic nitrogens is 2. The lowest BCUT2D eigenvalue weighted by Gasteiger charge is -2.16. The molecule has 0 aliphatic rings. The van der Waals surface area contributed by atoms with E-state index in [0.29, 0.717) is 10.8 Å². The Morgan fingerprint density at radius 2 is 2.06 bits per heavy atom. The van der Waals surface area contributed by atoms with Crippen LogP contribution in [0.25, 0.3) is 0 Å². The molecule has 94 valence electrons. The standard InChI is InChI=1S/C10H13FN2O4/c1-10(2,3)8(15)17-5-13-7(14)6(11)4-12-9(13)16/h4H,5H2,1-3H3,(H,12,16). The molecule has 1 aromatic rings. The maximum absolute atomic E-state index is 12.9. The molecule has 0 saturated heterocycles. The summed E-state index contributed by atoms with van der Waals surface area (Å²) in [5.41, 5.74) is -2.72. The molecule has 1 rings (SSSR count). The molecule has 7 heteroatoms. The molecule has 0 bridgehead atoms. The quantitative estimate of drug-likeness (QED) is 0.755. The highest BCUT2D eigenvalue weighted by atomic mass is 19.1. The summed E-state index contributed by atoms with van der Waals surface area (Å²) in [4.78, 5) is 35.8. The van der Waals surface area contributed by atoms with Crippen molar-refractivity contribution in [1.29, 1.82) is 0 Å². The fourth-order valence-corrected chi connectivity index (χ4v) is 0.943. The maximum Gasteiger partial charge on any atom is 0.331 e. The smallest absolute Gasteiger partial charge is 0.331 e. The number of nitrogens with zero attached hydrogens (tertiary/aromatic N) is 1. The molecule has 1 heterocycles. The molecule has 6 nitrogen and oxygen atoms in total. The van der Waals surface area contributed by atoms with Gasteiger partial charge in [0.05, 0.1) is 5.41 Å². The molecular formula is C10H13FN2O4. The molecule has 17 heavy (non-hydrogen) atoms. The van der Waals surface area contributed by atoms with Crippen LogP contribution >= 0.6 is 0 Å². The molecule has 1 N–H and O–H groups in total. The zero-order valence-electron chi connectivity index (χ0n) is 9.74. The number of esters is 1. The van der Waals surface area contributed by atoms with Gasteiger partial charge in [-0.05, 0) is 20.8 Å². The number of hydrogen-bond acceptors (Lipinski definition) is 4. The summed E-state index contributed by atoms with van der Waals surface area (Å²) < 4.78 is 18.1. The summed E-state index contributed by atoms with van der Waals surface area (Å²) in [6.45, 7) is 4.25. The Morgan fingerprint density at radius 3 is 2.59 bits per heavy atom. The van der Waals surface area contributed by atoms with Crippen molar-refractivity contribution < 1.29 is 13.9 Å². The molecule has 0 amide bonds. The topological polar surface area (TPSA) is 81.2 Å². The number of hydrogen-bond donors (Lipinski definition) is 1. The molecule has 0 aliphatic carbocycles. The average Bonchev–Trinajstić information content (AvgIpc) is 2.22. The van der Waals surface area contributed by atoms with E-state index in [1.54, 1.807) is 20.8 Å². The van der Waals surface area contributed by atoms with Gasteiger partial charge in [0.2, 0.25) is 5.82 Å². The van der Waals surface area contributed by atoms with E-state index in [4.69, 9.17) is 4.74 Å². The number of carbonyl (C=O) groups is 1. The van der Waals surface area contributed by atoms with Crippen LogP contribution in [0.1, 0.15) is 20.8 Å². The molecule has 0 aliphatic heterocycles. The molecule has 0 spiro atoms. The summed E-state index contributed by atoms with van der Waals surface area (Å²) >= 11 is 0. The van der Waals surface area contributed by atoms with E-state index in [1.165, 1.54) is 0 Å². The van der Waals surface area contributed by atoms with Crippen molar-refractivity contribution in [2.24, 2.45) is 5.41 Å². The second-order valence-corrected chi connectivity index (χ2v) is 4.49. The third kappa shape index (κ3) is 3.02. The van der Waals surface area contributed by atoms with Crippen LogP contribution in [-0.2, 0) is 16.3 Å². The average molecular weight is 244 g/mol. The minimum atomic E-state index is -1.13. The maximum atomic E-state index is 12.9. The van der Waals surface area contributed by atoms with E-state index in [9.17, 15) is 18.8 Å². The molecular weight excluding hydrogens is 231 g/mol. The van der Waals surface area contributed by atoms with Crippen LogP contribution in [0, 0.1) is 11.2 Å². The molecule has 0 aromatic carbocycles. The number of halogens is 1. The van der Waals surface area contributed by atoms with Gasteiger partial charge < -0.3 is 9.72 Å². The minimum Gasteiger partial charge on any atom is -0.443 e. The third-order valence-corrected chi connectivity index (χ3v) is 1.95. The minimum absolute atomic E-state index is 0.471. The summed E-state index contributed by atoms with van der Waals surface area (Å²) in [6, 6.07) is 0. The Bertz CT molecular complexity index is 538. The fourth-order valence-electron chi connectivity index (χ4n) is 0.943. The van der Waals surface area contributed by atoms with E-state index >= 15 is 0 Å². The first-order valence-corrected chi connectivity index (χ1v) is 4.88. The van der Waals surface area contributed by atoms with Gasteiger partial charge in [-0.1, -0.05) is 0 Å². The van der Waals surface area contributed by atoms with Gasteiger partial charge in [-0.3, -0.25) is 9.59 Å². The Labute approximate surface area is 96.0 Å². The van der Waals surface area contributed by atoms with Gasteiger partial charge in [0, 0.05) is 6.20 Å². The number of nitrogens with one attached hydrogen (secondary N) is 1. The van der Waals surface area contributed by atoms with Crippen LogP contribution in [0.3, 0.4) is 0 Å². The van der Waals surface area contributed by atoms with Crippen molar-refractivity contribution in [3.63, 3.8) is 0 Å². The lowest BCUT2D eigenvalue weighted by Crippen LogP contribution is -2.38. The number of carbonyl (C=O) groups excluding carboxylic acids is 1. The van der Waals surface area contributed by atoms with E-state index in [-0.39, 0.29) is 0 Å². The lowest BCUT2D eigenvalue weighted by molar-refractivity contribution is -0.157. The number of rotatable bonds is 2. The van der Waals surface area contributed by atoms with Gasteiger partial charge in [0.15, 0.2) is 6.73 Å². The second-order valence-electron chi connectivity index (χ2n) is 4.49. The zero-order chi connectivity index (χ0) is 13.2. The molecule has 0 fully saturated rings. The normalized spacial score (nSPS) is 11.3. The van der Waals surface area contributed by atoms with E-state index in [0.717, 1.165) is 0 Å². The fraction of sp³-hybridized carbons (Fsp3) is 0.500. The molecule has 0 saturated carbocycles. The molecule has 1 aromatic heterocycles. The van der Waals surface area contributed by atoms with Gasteiger partial charge in [0.1, 0.15) is 0 Å². The first-order valence-electron chi connectivity index (χ1n) is 4.88. The monoisotopic (exact) mass is 244 g/mol. The van der Waals surface area contributed by atoms with Crippen molar-refractivity contribution in [2.45, 2.75) is 27.5 Å². The Balaban J connectivity index is 2.92. The van der Waals surface area contributed by atoms with Gasteiger partial charge in [-0.2, -0.15) is 4.39 Å². The first kappa shape index (κ1) is 13.1. The van der Waals surface area contributed by atoms with Crippen LogP contribution < -0.4 is 11.2 Å². The largest absolute Gasteiger partial charge is 0.443 e. The number of H-pyrrole nitrogens is 1. The van der Waals surface area contributed by atoms with Gasteiger partial charge in [-0.25, -0.2) is 9.36 Å². The van der Waals surface area contributed by atoms with Crippen molar-refractivity contribution >= 4 is 5.97 Å². The van der Waals surface area contributed by atoms with Crippen LogP contribution in [-0.4, -0.2) is 15.5 Å². The van der Waals surface area contributed by atoms with Crippen LogP contribution in [0.2, 0.25) is 0 Å². The van der Waals surface area contributed by atoms with E-state index in [1.807, 2.05) is 4.98 Å². The van der Waals surface area contributed by atoms with Gasteiger partial charge >= 0.3 is 11.7 Å². The predicted octanol–water partition coefficient (Wildman–Crippen LogP) is 0.222. The highest BCUT2D eigenvalue weighted by Gasteiger charge is 2.23. The SMILES string of the molecule is CC(C)(C)C(=O)OCn1c(=O)[nH]cc(F)c1=O. The molecule has 0 radical (unpaired) electrons. The highest BCUT2D eigenvalue weighted by molar-refractivity contribution is 5.75. The molecule has 0 unspecified atom stereocenters. The van der Waals surface area contributed by atoms with Crippen molar-refractivity contribution in [3.8, 4) is 0 Å². The Hall–Kier alpha value is -1.92. The van der Waals surface area contributed by atoms with Crippen molar-refractivity contribution in [2.75, 3.05) is 0 Å². The predicted molar refractivity (Wildman–Crippen MR) is 56.8 cm³/mol. The van der Waals surface area contributed by atoms with Crippen molar-refractivity contribution in [1.82, 2.24) is 9.55 Å². The molecule has 0 atom stereocenters. The van der Waals surface area contributed by atoms with Crippen LogP contribution in [0.15, 0.2) is 15.8 Å². The second kappa shape index (κ2) is 4.52. The first-order chi connectivity index (χ1) is 7.73. The summed E-state index contributed by atoms with van der Waals surface area (Å²) in [7, 11) is 0. The van der Waals surface area contributed by atoms with Crippen LogP contribution in [0.4, 0.5) is 4.39 Å². The number of ether oxygens (including phenoxy) is 1. The van der Waals surface area contributed by atoms with Crippen LogP contribution in [0.5, 0.6) is 0 Å². The number of aromatic amines is 1. The van der Waals surface area contributed by atoms with Gasteiger partial charge in [0.25, 0.3) is 5.56 Å². The Morgan fingerprint density at radius 1 is 1.47 bits per heavy atom. The van der Waals surface area contributed by atoms with Crippen molar-refractivity contribution in [3.05, 3.63) is 32.9 Å². The summed E-state index contributed by atoms with van der Waals surface area (Å²) in [5, 5.41) is 0. The lowest BCUT2D eigenvalue weighted by atomic mass is 9.98. The van der Waals surface area contributed by atoms with Gasteiger partial charge in [-0.15, -0.1) is 0 Å². The van der Waals surface area contributed by atoms with E-state index < -0.39 is 35.2 Å². The summed E-state index contributed by atoms with van der Waals surface area (Å²) in [6.07, 6.45) is 0.659.